The van der Waals surface area contributed by atoms with Crippen LogP contribution in [0.3, 0.4) is 0 Å². The molecule has 1 rings (SSSR count). The fourth-order valence-electron chi connectivity index (χ4n) is 0.838. The summed E-state index contributed by atoms with van der Waals surface area (Å²) < 4.78 is 6.94. The lowest BCUT2D eigenvalue weighted by molar-refractivity contribution is 0.0573. The van der Waals surface area contributed by atoms with Crippen molar-refractivity contribution in [1.82, 2.24) is 0 Å². The van der Waals surface area contributed by atoms with Crippen LogP contribution in [0.1, 0.15) is 10.4 Å². The summed E-state index contributed by atoms with van der Waals surface area (Å²) in [6, 6.07) is 5.42. The third-order valence-corrected chi connectivity index (χ3v) is 4.04. The molecule has 0 aliphatic heterocycles. The van der Waals surface area contributed by atoms with E-state index in [2.05, 4.69) is 38.5 Å². The number of benzene rings is 1. The van der Waals surface area contributed by atoms with Gasteiger partial charge in [-0.15, -0.1) is 0 Å². The Kier molecular flexibility index (Phi) is 4.40. The van der Waals surface area contributed by atoms with Gasteiger partial charge in [0.1, 0.15) is 0 Å². The standard InChI is InChI=1S/C8H8BrIO2Si/c9-6-2-1-5(3-7(6)10)8(11)12-4-13/h1-3H,4H2,13H3. The van der Waals surface area contributed by atoms with E-state index >= 15 is 0 Å². The highest BCUT2D eigenvalue weighted by atomic mass is 127. The maximum Gasteiger partial charge on any atom is 0.337 e. The fourth-order valence-corrected chi connectivity index (χ4v) is 1.86. The Morgan fingerprint density at radius 1 is 1.62 bits per heavy atom. The first kappa shape index (κ1) is 11.2. The van der Waals surface area contributed by atoms with Crippen molar-refractivity contribution in [3.63, 3.8) is 0 Å². The lowest BCUT2D eigenvalue weighted by Gasteiger charge is -2.02. The van der Waals surface area contributed by atoms with Crippen LogP contribution in [-0.2, 0) is 4.74 Å². The van der Waals surface area contributed by atoms with E-state index in [-0.39, 0.29) is 5.97 Å². The van der Waals surface area contributed by atoms with Crippen molar-refractivity contribution in [2.75, 3.05) is 6.23 Å². The summed E-state index contributed by atoms with van der Waals surface area (Å²) in [6.45, 7) is 0. The summed E-state index contributed by atoms with van der Waals surface area (Å²) in [5.74, 6) is -0.236. The minimum Gasteiger partial charge on any atom is -0.467 e. The van der Waals surface area contributed by atoms with Gasteiger partial charge < -0.3 is 4.74 Å². The first-order valence-corrected chi connectivity index (χ1v) is 7.06. The van der Waals surface area contributed by atoms with Crippen LogP contribution in [-0.4, -0.2) is 22.4 Å². The van der Waals surface area contributed by atoms with Gasteiger partial charge in [-0.3, -0.25) is 0 Å². The molecule has 0 saturated heterocycles. The summed E-state index contributed by atoms with van der Waals surface area (Å²) in [5, 5.41) is 0. The van der Waals surface area contributed by atoms with Crippen LogP contribution >= 0.6 is 38.5 Å². The maximum atomic E-state index is 11.3. The zero-order chi connectivity index (χ0) is 9.84. The van der Waals surface area contributed by atoms with E-state index < -0.39 is 0 Å². The Hall–Kier alpha value is 0.117. The molecular weight excluding hydrogens is 363 g/mol. The highest BCUT2D eigenvalue weighted by Crippen LogP contribution is 2.20. The maximum absolute atomic E-state index is 11.3. The summed E-state index contributed by atoms with van der Waals surface area (Å²) >= 11 is 5.53. The highest BCUT2D eigenvalue weighted by Gasteiger charge is 2.07. The monoisotopic (exact) mass is 370 g/mol. The average molecular weight is 371 g/mol. The molecule has 0 atom stereocenters. The van der Waals surface area contributed by atoms with Crippen LogP contribution < -0.4 is 0 Å². The third kappa shape index (κ3) is 3.06. The Morgan fingerprint density at radius 2 is 2.31 bits per heavy atom. The van der Waals surface area contributed by atoms with Crippen molar-refractivity contribution < 1.29 is 9.53 Å². The highest BCUT2D eigenvalue weighted by molar-refractivity contribution is 14.1. The van der Waals surface area contributed by atoms with Gasteiger partial charge in [-0.2, -0.15) is 0 Å². The Morgan fingerprint density at radius 3 is 2.85 bits per heavy atom. The Bertz CT molecular complexity index is 330. The predicted molar refractivity (Wildman–Crippen MR) is 67.1 cm³/mol. The van der Waals surface area contributed by atoms with Crippen molar-refractivity contribution in [1.29, 1.82) is 0 Å². The Balaban J connectivity index is 2.90. The van der Waals surface area contributed by atoms with E-state index in [1.165, 1.54) is 0 Å². The smallest absolute Gasteiger partial charge is 0.337 e. The number of carbonyl (C=O) groups is 1. The van der Waals surface area contributed by atoms with E-state index in [1.807, 2.05) is 12.1 Å². The van der Waals surface area contributed by atoms with Crippen LogP contribution in [0, 0.1) is 3.57 Å². The van der Waals surface area contributed by atoms with Gasteiger partial charge in [0.25, 0.3) is 0 Å². The molecule has 13 heavy (non-hydrogen) atoms. The van der Waals surface area contributed by atoms with Crippen LogP contribution in [0.15, 0.2) is 22.7 Å². The second-order valence-electron chi connectivity index (χ2n) is 2.35. The van der Waals surface area contributed by atoms with E-state index in [0.29, 0.717) is 11.8 Å². The van der Waals surface area contributed by atoms with E-state index in [1.54, 1.807) is 6.07 Å². The van der Waals surface area contributed by atoms with Crippen LogP contribution in [0.25, 0.3) is 0 Å². The molecule has 0 radical (unpaired) electrons. The molecule has 70 valence electrons. The summed E-state index contributed by atoms with van der Waals surface area (Å²) in [7, 11) is 0.880. The number of esters is 1. The first-order valence-electron chi connectivity index (χ1n) is 3.77. The fraction of sp³-hybridized carbons (Fsp3) is 0.125. The van der Waals surface area contributed by atoms with Crippen LogP contribution in [0.4, 0.5) is 0 Å². The van der Waals surface area contributed by atoms with Crippen molar-refractivity contribution in [3.8, 4) is 0 Å². The quantitative estimate of drug-likeness (QED) is 0.448. The number of hydrogen-bond acceptors (Lipinski definition) is 2. The van der Waals surface area contributed by atoms with Gasteiger partial charge >= 0.3 is 5.97 Å². The molecule has 0 unspecified atom stereocenters. The number of hydrogen-bond donors (Lipinski definition) is 0. The number of rotatable bonds is 2. The van der Waals surface area contributed by atoms with Gasteiger partial charge in [0.2, 0.25) is 0 Å². The molecule has 5 heteroatoms. The first-order chi connectivity index (χ1) is 6.15. The largest absolute Gasteiger partial charge is 0.467 e. The average Bonchev–Trinajstić information content (AvgIpc) is 2.10. The summed E-state index contributed by atoms with van der Waals surface area (Å²) in [6.07, 6.45) is 0.547. The number of carbonyl (C=O) groups excluding carboxylic acids is 1. The van der Waals surface area contributed by atoms with Gasteiger partial charge in [0, 0.05) is 8.04 Å². The molecule has 0 aromatic heterocycles. The lowest BCUT2D eigenvalue weighted by atomic mass is 10.2. The van der Waals surface area contributed by atoms with Crippen LogP contribution in [0.5, 0.6) is 0 Å². The van der Waals surface area contributed by atoms with Crippen LogP contribution in [0.2, 0.25) is 0 Å². The van der Waals surface area contributed by atoms with Gasteiger partial charge in [-0.05, 0) is 56.7 Å². The molecule has 0 bridgehead atoms. The van der Waals surface area contributed by atoms with Gasteiger partial charge in [0.15, 0.2) is 0 Å². The molecule has 1 aromatic rings. The molecule has 0 heterocycles. The van der Waals surface area contributed by atoms with Gasteiger partial charge in [-0.25, -0.2) is 4.79 Å². The second kappa shape index (κ2) is 5.11. The van der Waals surface area contributed by atoms with E-state index in [4.69, 9.17) is 4.74 Å². The van der Waals surface area contributed by atoms with Crippen molar-refractivity contribution in [2.24, 2.45) is 0 Å². The normalized spacial score (nSPS) is 10.0. The number of halogens is 2. The van der Waals surface area contributed by atoms with Gasteiger partial charge in [0.05, 0.1) is 22.0 Å². The predicted octanol–water partition coefficient (Wildman–Crippen LogP) is 1.53. The van der Waals surface area contributed by atoms with Crippen molar-refractivity contribution >= 4 is 54.7 Å². The lowest BCUT2D eigenvalue weighted by Crippen LogP contribution is -2.06. The zero-order valence-electron chi connectivity index (χ0n) is 7.01. The summed E-state index contributed by atoms with van der Waals surface area (Å²) in [5.41, 5.74) is 0.614. The molecular formula is C8H8BrIO2Si. The molecule has 0 aliphatic carbocycles. The van der Waals surface area contributed by atoms with E-state index in [0.717, 1.165) is 18.3 Å². The molecule has 0 N–H and O–H groups in total. The molecule has 0 saturated carbocycles. The van der Waals surface area contributed by atoms with Crippen molar-refractivity contribution in [2.45, 2.75) is 0 Å². The minimum atomic E-state index is -0.236. The molecule has 0 aliphatic rings. The zero-order valence-corrected chi connectivity index (χ0v) is 12.8. The molecule has 1 aromatic carbocycles. The SMILES string of the molecule is O=C(OC[SiH3])c1ccc(Br)c(I)c1. The Labute approximate surface area is 102 Å². The second-order valence-corrected chi connectivity index (χ2v) is 4.94. The third-order valence-electron chi connectivity index (χ3n) is 1.43. The molecule has 0 amide bonds. The minimum absolute atomic E-state index is 0.236. The van der Waals surface area contributed by atoms with E-state index in [9.17, 15) is 4.79 Å². The molecule has 2 nitrogen and oxygen atoms in total. The van der Waals surface area contributed by atoms with Crippen molar-refractivity contribution in [3.05, 3.63) is 31.8 Å². The number of ether oxygens (including phenoxy) is 1. The van der Waals surface area contributed by atoms with Gasteiger partial charge in [-0.1, -0.05) is 0 Å². The topological polar surface area (TPSA) is 26.3 Å². The molecule has 0 fully saturated rings. The summed E-state index contributed by atoms with van der Waals surface area (Å²) in [4.78, 5) is 11.3. The molecule has 0 spiro atoms.